The van der Waals surface area contributed by atoms with Gasteiger partial charge in [0.15, 0.2) is 0 Å². The monoisotopic (exact) mass is 479 g/mol. The van der Waals surface area contributed by atoms with E-state index in [2.05, 4.69) is 36.9 Å². The van der Waals surface area contributed by atoms with E-state index in [0.717, 1.165) is 21.9 Å². The zero-order valence-electron chi connectivity index (χ0n) is 20.6. The molecule has 3 N–H and O–H groups in total. The van der Waals surface area contributed by atoms with Crippen molar-refractivity contribution >= 4 is 34.2 Å². The molecule has 3 amide bonds. The predicted octanol–water partition coefficient (Wildman–Crippen LogP) is 5.39. The minimum atomic E-state index is -0.447. The van der Waals surface area contributed by atoms with Crippen molar-refractivity contribution in [2.75, 3.05) is 5.32 Å². The van der Waals surface area contributed by atoms with Crippen molar-refractivity contribution in [3.63, 3.8) is 0 Å². The molecule has 6 heteroatoms. The molecule has 0 spiro atoms. The van der Waals surface area contributed by atoms with Gasteiger partial charge >= 0.3 is 0 Å². The van der Waals surface area contributed by atoms with Gasteiger partial charge in [-0.2, -0.15) is 0 Å². The first kappa shape index (κ1) is 24.7. The molecular weight excluding hydrogens is 450 g/mol. The minimum absolute atomic E-state index is 0.0147. The molecule has 4 rings (SSSR count). The summed E-state index contributed by atoms with van der Waals surface area (Å²) in [4.78, 5) is 37.4. The van der Waals surface area contributed by atoms with Gasteiger partial charge in [0.25, 0.3) is 11.8 Å². The zero-order chi connectivity index (χ0) is 25.7. The van der Waals surface area contributed by atoms with E-state index in [1.165, 1.54) is 0 Å². The number of fused-ring (bicyclic) bond motifs is 1. The summed E-state index contributed by atoms with van der Waals surface area (Å²) in [5.41, 5.74) is 8.44. The lowest BCUT2D eigenvalue weighted by atomic mass is 9.87. The molecule has 4 aromatic rings. The van der Waals surface area contributed by atoms with Crippen molar-refractivity contribution < 1.29 is 14.4 Å². The van der Waals surface area contributed by atoms with Gasteiger partial charge in [-0.1, -0.05) is 75.4 Å². The summed E-state index contributed by atoms with van der Waals surface area (Å²) in [6, 6.07) is 27.6. The molecule has 0 radical (unpaired) electrons. The number of hydrogen-bond acceptors (Lipinski definition) is 3. The van der Waals surface area contributed by atoms with Crippen LogP contribution in [0.1, 0.15) is 52.6 Å². The molecule has 0 atom stereocenters. The van der Waals surface area contributed by atoms with E-state index < -0.39 is 5.91 Å². The normalized spacial score (nSPS) is 11.1. The van der Waals surface area contributed by atoms with Gasteiger partial charge in [-0.05, 0) is 63.7 Å². The fourth-order valence-corrected chi connectivity index (χ4v) is 3.89. The van der Waals surface area contributed by atoms with Crippen LogP contribution in [0.3, 0.4) is 0 Å². The van der Waals surface area contributed by atoms with E-state index in [0.29, 0.717) is 16.8 Å². The summed E-state index contributed by atoms with van der Waals surface area (Å²) in [7, 11) is 0. The van der Waals surface area contributed by atoms with Crippen LogP contribution in [0.2, 0.25) is 0 Å². The van der Waals surface area contributed by atoms with Crippen molar-refractivity contribution in [3.8, 4) is 0 Å². The Hall–Kier alpha value is -4.45. The Balaban J connectivity index is 1.31. The summed E-state index contributed by atoms with van der Waals surface area (Å²) in [6.07, 6.45) is 0.142. The molecule has 0 aromatic heterocycles. The Labute approximate surface area is 210 Å². The highest BCUT2D eigenvalue weighted by Crippen LogP contribution is 2.23. The lowest BCUT2D eigenvalue weighted by molar-refractivity contribution is -0.121. The maximum absolute atomic E-state index is 12.6. The summed E-state index contributed by atoms with van der Waals surface area (Å²) in [6.45, 7) is 6.36. The van der Waals surface area contributed by atoms with Crippen molar-refractivity contribution in [1.29, 1.82) is 0 Å². The lowest BCUT2D eigenvalue weighted by Crippen LogP contribution is -2.42. The van der Waals surface area contributed by atoms with Gasteiger partial charge in [0, 0.05) is 16.8 Å². The van der Waals surface area contributed by atoms with Crippen LogP contribution >= 0.6 is 0 Å². The van der Waals surface area contributed by atoms with Crippen LogP contribution in [0.15, 0.2) is 91.0 Å². The molecule has 36 heavy (non-hydrogen) atoms. The van der Waals surface area contributed by atoms with Crippen LogP contribution in [0, 0.1) is 0 Å². The second-order valence-corrected chi connectivity index (χ2v) is 9.68. The molecule has 0 saturated carbocycles. The van der Waals surface area contributed by atoms with Gasteiger partial charge in [-0.15, -0.1) is 0 Å². The van der Waals surface area contributed by atoms with Gasteiger partial charge < -0.3 is 5.32 Å². The second-order valence-electron chi connectivity index (χ2n) is 9.68. The van der Waals surface area contributed by atoms with E-state index in [-0.39, 0.29) is 23.7 Å². The number of anilines is 1. The highest BCUT2D eigenvalue weighted by atomic mass is 16.2. The second kappa shape index (κ2) is 10.4. The molecule has 4 aromatic carbocycles. The molecular formula is C30H29N3O3. The smallest absolute Gasteiger partial charge is 0.269 e. The van der Waals surface area contributed by atoms with Gasteiger partial charge in [0.05, 0.1) is 6.42 Å². The summed E-state index contributed by atoms with van der Waals surface area (Å²) in [5.74, 6) is -0.994. The Kier molecular flexibility index (Phi) is 7.15. The number of amides is 3. The third-order valence-electron chi connectivity index (χ3n) is 5.96. The fourth-order valence-electron chi connectivity index (χ4n) is 3.89. The SMILES string of the molecule is CC(C)(C)c1ccc(C(=O)Nc2ccc(C(=O)NNC(=O)Cc3cccc4ccccc34)cc2)cc1. The first-order valence-electron chi connectivity index (χ1n) is 11.8. The van der Waals surface area contributed by atoms with Crippen LogP contribution in [0.4, 0.5) is 5.69 Å². The molecule has 0 aliphatic carbocycles. The predicted molar refractivity (Wildman–Crippen MR) is 143 cm³/mol. The fraction of sp³-hybridized carbons (Fsp3) is 0.167. The van der Waals surface area contributed by atoms with E-state index in [4.69, 9.17) is 0 Å². The summed E-state index contributed by atoms with van der Waals surface area (Å²) >= 11 is 0. The Bertz CT molecular complexity index is 1400. The Morgan fingerprint density at radius 2 is 1.28 bits per heavy atom. The average Bonchev–Trinajstić information content (AvgIpc) is 2.87. The number of carbonyl (C=O) groups is 3. The number of rotatable bonds is 5. The van der Waals surface area contributed by atoms with Crippen LogP contribution in [0.25, 0.3) is 10.8 Å². The first-order valence-corrected chi connectivity index (χ1v) is 11.8. The van der Waals surface area contributed by atoms with Crippen molar-refractivity contribution in [1.82, 2.24) is 10.9 Å². The standard InChI is InChI=1S/C30H29N3O3/c1-30(2,3)24-15-11-21(12-16-24)28(35)31-25-17-13-22(14-18-25)29(36)33-32-27(34)19-23-9-6-8-20-7-4-5-10-26(20)23/h4-18H,19H2,1-3H3,(H,31,35)(H,32,34)(H,33,36). The zero-order valence-corrected chi connectivity index (χ0v) is 20.6. The third-order valence-corrected chi connectivity index (χ3v) is 5.96. The largest absolute Gasteiger partial charge is 0.322 e. The number of hydrazine groups is 1. The Morgan fingerprint density at radius 1 is 0.667 bits per heavy atom. The maximum atomic E-state index is 12.6. The molecule has 0 heterocycles. The summed E-state index contributed by atoms with van der Waals surface area (Å²) < 4.78 is 0. The van der Waals surface area contributed by atoms with Crippen LogP contribution in [-0.2, 0) is 16.6 Å². The molecule has 0 aliphatic rings. The third kappa shape index (κ3) is 5.96. The topological polar surface area (TPSA) is 87.3 Å². The highest BCUT2D eigenvalue weighted by Gasteiger charge is 2.15. The number of nitrogens with one attached hydrogen (secondary N) is 3. The molecule has 0 bridgehead atoms. The van der Waals surface area contributed by atoms with E-state index in [1.54, 1.807) is 36.4 Å². The van der Waals surface area contributed by atoms with Gasteiger partial charge in [-0.3, -0.25) is 25.2 Å². The molecule has 0 aliphatic heterocycles. The average molecular weight is 480 g/mol. The quantitative estimate of drug-likeness (QED) is 0.335. The van der Waals surface area contributed by atoms with E-state index >= 15 is 0 Å². The number of hydrogen-bond donors (Lipinski definition) is 3. The number of benzene rings is 4. The first-order chi connectivity index (χ1) is 17.2. The van der Waals surface area contributed by atoms with Crippen molar-refractivity contribution in [2.45, 2.75) is 32.6 Å². The van der Waals surface area contributed by atoms with Crippen LogP contribution < -0.4 is 16.2 Å². The lowest BCUT2D eigenvalue weighted by Gasteiger charge is -2.19. The minimum Gasteiger partial charge on any atom is -0.322 e. The molecule has 0 fully saturated rings. The van der Waals surface area contributed by atoms with Gasteiger partial charge in [-0.25, -0.2) is 0 Å². The van der Waals surface area contributed by atoms with Crippen molar-refractivity contribution in [2.24, 2.45) is 0 Å². The van der Waals surface area contributed by atoms with Crippen LogP contribution in [-0.4, -0.2) is 17.7 Å². The molecule has 6 nitrogen and oxygen atoms in total. The maximum Gasteiger partial charge on any atom is 0.269 e. The van der Waals surface area contributed by atoms with Crippen molar-refractivity contribution in [3.05, 3.63) is 113 Å². The van der Waals surface area contributed by atoms with E-state index in [1.807, 2.05) is 54.6 Å². The van der Waals surface area contributed by atoms with Crippen LogP contribution in [0.5, 0.6) is 0 Å². The molecule has 0 unspecified atom stereocenters. The number of carbonyl (C=O) groups excluding carboxylic acids is 3. The van der Waals surface area contributed by atoms with Gasteiger partial charge in [0.1, 0.15) is 0 Å². The summed E-state index contributed by atoms with van der Waals surface area (Å²) in [5, 5.41) is 4.89. The van der Waals surface area contributed by atoms with E-state index in [9.17, 15) is 14.4 Å². The molecule has 0 saturated heterocycles. The Morgan fingerprint density at radius 3 is 1.97 bits per heavy atom. The molecule has 182 valence electrons. The van der Waals surface area contributed by atoms with Gasteiger partial charge in [0.2, 0.25) is 5.91 Å². The highest BCUT2D eigenvalue weighted by molar-refractivity contribution is 6.04.